The summed E-state index contributed by atoms with van der Waals surface area (Å²) >= 11 is 1.22. The fourth-order valence-corrected chi connectivity index (χ4v) is 1.79. The van der Waals surface area contributed by atoms with Gasteiger partial charge < -0.3 is 10.5 Å². The normalized spacial score (nSPS) is 12.7. The Kier molecular flexibility index (Phi) is 4.30. The predicted molar refractivity (Wildman–Crippen MR) is 56.5 cm³/mol. The molecule has 0 saturated heterocycles. The molecule has 0 aliphatic heterocycles. The summed E-state index contributed by atoms with van der Waals surface area (Å²) < 4.78 is 76.4. The first kappa shape index (κ1) is 15.3. The number of nitrogens with zero attached hydrogens (tertiary/aromatic N) is 1. The topological polar surface area (TPSA) is 48.1 Å². The molecular weight excluding hydrogens is 381 g/mol. The third-order valence-corrected chi connectivity index (χ3v) is 2.47. The van der Waals surface area contributed by atoms with Crippen molar-refractivity contribution in [3.8, 4) is 5.75 Å². The molecule has 0 saturated carbocycles. The van der Waals surface area contributed by atoms with Crippen LogP contribution in [0.5, 0.6) is 5.75 Å². The molecule has 2 N–H and O–H groups in total. The maximum absolute atomic E-state index is 12.4. The summed E-state index contributed by atoms with van der Waals surface area (Å²) in [6.07, 6.45) is -9.79. The van der Waals surface area contributed by atoms with Crippen molar-refractivity contribution < 1.29 is 31.1 Å². The Morgan fingerprint density at radius 2 is 1.78 bits per heavy atom. The van der Waals surface area contributed by atoms with Crippen LogP contribution in [-0.2, 0) is 12.7 Å². The molecule has 0 unspecified atom stereocenters. The highest BCUT2D eigenvalue weighted by Gasteiger charge is 2.37. The molecule has 1 heterocycles. The molecule has 3 nitrogen and oxygen atoms in total. The van der Waals surface area contributed by atoms with Crippen molar-refractivity contribution in [2.75, 3.05) is 0 Å². The van der Waals surface area contributed by atoms with Crippen LogP contribution in [0.25, 0.3) is 0 Å². The van der Waals surface area contributed by atoms with Gasteiger partial charge in [-0.05, 0) is 28.7 Å². The smallest absolute Gasteiger partial charge is 0.403 e. The van der Waals surface area contributed by atoms with Crippen LogP contribution >= 0.6 is 22.6 Å². The molecule has 0 spiro atoms. The highest BCUT2D eigenvalue weighted by Crippen LogP contribution is 2.35. The van der Waals surface area contributed by atoms with Gasteiger partial charge in [0.1, 0.15) is 9.39 Å². The van der Waals surface area contributed by atoms with E-state index >= 15 is 0 Å². The van der Waals surface area contributed by atoms with Gasteiger partial charge in [-0.2, -0.15) is 13.2 Å². The van der Waals surface area contributed by atoms with Crippen LogP contribution in [0.1, 0.15) is 11.3 Å². The van der Waals surface area contributed by atoms with Crippen molar-refractivity contribution in [1.82, 2.24) is 4.98 Å². The Bertz CT molecular complexity index is 444. The Hall–Kier alpha value is -0.780. The fraction of sp³-hybridized carbons (Fsp3) is 0.375. The van der Waals surface area contributed by atoms with Crippen LogP contribution in [0.3, 0.4) is 0 Å². The van der Waals surface area contributed by atoms with Crippen LogP contribution in [0.4, 0.5) is 26.3 Å². The standard InChI is InChI=1S/C8H5F6IN2O/c9-7(10,11)4-1-3(2-16)5(6(15)17-4)18-8(12,13)14/h1H,2,16H2. The molecule has 0 aromatic carbocycles. The predicted octanol–water partition coefficient (Wildman–Crippen LogP) is 3.06. The summed E-state index contributed by atoms with van der Waals surface area (Å²) in [5.74, 6) is -0.807. The number of alkyl halides is 6. The number of aromatic nitrogens is 1. The van der Waals surface area contributed by atoms with Crippen molar-refractivity contribution >= 4 is 22.6 Å². The van der Waals surface area contributed by atoms with E-state index in [1.807, 2.05) is 0 Å². The number of ether oxygens (including phenoxy) is 1. The molecule has 0 radical (unpaired) electrons. The number of pyridine rings is 1. The number of rotatable bonds is 2. The second-order valence-corrected chi connectivity index (χ2v) is 4.06. The molecular formula is C8H5F6IN2O. The molecule has 102 valence electrons. The fourth-order valence-electron chi connectivity index (χ4n) is 1.07. The van der Waals surface area contributed by atoms with E-state index in [4.69, 9.17) is 5.73 Å². The van der Waals surface area contributed by atoms with E-state index < -0.39 is 39.8 Å². The van der Waals surface area contributed by atoms with E-state index in [-0.39, 0.29) is 0 Å². The van der Waals surface area contributed by atoms with Gasteiger partial charge in [-0.3, -0.25) is 0 Å². The molecule has 1 rings (SSSR count). The number of hydrogen-bond acceptors (Lipinski definition) is 3. The maximum Gasteiger partial charge on any atom is 0.573 e. The zero-order chi connectivity index (χ0) is 14.1. The molecule has 0 aliphatic rings. The summed E-state index contributed by atoms with van der Waals surface area (Å²) in [6, 6.07) is 0.434. The number of hydrogen-bond donors (Lipinski definition) is 1. The summed E-state index contributed by atoms with van der Waals surface area (Å²) in [5.41, 5.74) is 3.37. The Balaban J connectivity index is 3.29. The van der Waals surface area contributed by atoms with Gasteiger partial charge in [0.2, 0.25) is 0 Å². The highest BCUT2D eigenvalue weighted by atomic mass is 127. The maximum atomic E-state index is 12.4. The van der Waals surface area contributed by atoms with E-state index in [0.29, 0.717) is 6.07 Å². The molecule has 0 aliphatic carbocycles. The van der Waals surface area contributed by atoms with E-state index in [2.05, 4.69) is 9.72 Å². The molecule has 0 atom stereocenters. The molecule has 0 fully saturated rings. The Morgan fingerprint density at radius 3 is 2.17 bits per heavy atom. The largest absolute Gasteiger partial charge is 0.573 e. The minimum absolute atomic E-state index is 0.418. The molecule has 0 amide bonds. The van der Waals surface area contributed by atoms with E-state index in [0.717, 1.165) is 0 Å². The van der Waals surface area contributed by atoms with Crippen molar-refractivity contribution in [3.05, 3.63) is 21.0 Å². The lowest BCUT2D eigenvalue weighted by Gasteiger charge is -2.15. The Morgan fingerprint density at radius 1 is 1.22 bits per heavy atom. The molecule has 18 heavy (non-hydrogen) atoms. The average molecular weight is 386 g/mol. The minimum Gasteiger partial charge on any atom is -0.403 e. The van der Waals surface area contributed by atoms with Crippen LogP contribution in [0.15, 0.2) is 6.07 Å². The number of halogens is 7. The quantitative estimate of drug-likeness (QED) is 0.483. The van der Waals surface area contributed by atoms with E-state index in [1.54, 1.807) is 0 Å². The second-order valence-electron chi connectivity index (χ2n) is 3.04. The molecule has 1 aromatic rings. The van der Waals surface area contributed by atoms with Crippen LogP contribution in [0.2, 0.25) is 0 Å². The van der Waals surface area contributed by atoms with Gasteiger partial charge in [0.25, 0.3) is 0 Å². The second kappa shape index (κ2) is 5.07. The highest BCUT2D eigenvalue weighted by molar-refractivity contribution is 14.1. The summed E-state index contributed by atoms with van der Waals surface area (Å²) in [5, 5.41) is 0. The molecule has 10 heteroatoms. The SMILES string of the molecule is NCc1cc(C(F)(F)F)nc(I)c1OC(F)(F)F. The lowest BCUT2D eigenvalue weighted by Crippen LogP contribution is -2.21. The van der Waals surface area contributed by atoms with Gasteiger partial charge >= 0.3 is 12.5 Å². The minimum atomic E-state index is -5.02. The first-order chi connectivity index (χ1) is 8.04. The van der Waals surface area contributed by atoms with E-state index in [9.17, 15) is 26.3 Å². The first-order valence-electron chi connectivity index (χ1n) is 4.27. The van der Waals surface area contributed by atoms with Gasteiger partial charge in [0.05, 0.1) is 0 Å². The average Bonchev–Trinajstić information content (AvgIpc) is 2.17. The zero-order valence-electron chi connectivity index (χ0n) is 8.36. The van der Waals surface area contributed by atoms with Crippen LogP contribution < -0.4 is 10.5 Å². The van der Waals surface area contributed by atoms with Gasteiger partial charge in [-0.15, -0.1) is 13.2 Å². The monoisotopic (exact) mass is 386 g/mol. The molecule has 1 aromatic heterocycles. The van der Waals surface area contributed by atoms with Crippen molar-refractivity contribution in [1.29, 1.82) is 0 Å². The van der Waals surface area contributed by atoms with Crippen molar-refractivity contribution in [2.45, 2.75) is 19.1 Å². The summed E-state index contributed by atoms with van der Waals surface area (Å²) in [4.78, 5) is 3.02. The van der Waals surface area contributed by atoms with Gasteiger partial charge in [-0.1, -0.05) is 0 Å². The van der Waals surface area contributed by atoms with Gasteiger partial charge in [0, 0.05) is 12.1 Å². The first-order valence-corrected chi connectivity index (χ1v) is 5.35. The Labute approximate surface area is 110 Å². The third-order valence-electron chi connectivity index (χ3n) is 1.74. The zero-order valence-corrected chi connectivity index (χ0v) is 10.5. The van der Waals surface area contributed by atoms with Crippen molar-refractivity contribution in [2.24, 2.45) is 5.73 Å². The lowest BCUT2D eigenvalue weighted by atomic mass is 10.2. The van der Waals surface area contributed by atoms with Crippen molar-refractivity contribution in [3.63, 3.8) is 0 Å². The van der Waals surface area contributed by atoms with Gasteiger partial charge in [0.15, 0.2) is 5.75 Å². The van der Waals surface area contributed by atoms with E-state index in [1.165, 1.54) is 22.6 Å². The molecule has 0 bridgehead atoms. The van der Waals surface area contributed by atoms with Crippen LogP contribution in [-0.4, -0.2) is 11.3 Å². The third kappa shape index (κ3) is 3.86. The van der Waals surface area contributed by atoms with Gasteiger partial charge in [-0.25, -0.2) is 4.98 Å². The van der Waals surface area contributed by atoms with Crippen LogP contribution in [0, 0.1) is 3.70 Å². The number of nitrogens with two attached hydrogens (primary N) is 1. The lowest BCUT2D eigenvalue weighted by molar-refractivity contribution is -0.275. The summed E-state index contributed by atoms with van der Waals surface area (Å²) in [6.45, 7) is -0.535. The summed E-state index contributed by atoms with van der Waals surface area (Å²) in [7, 11) is 0.